The summed E-state index contributed by atoms with van der Waals surface area (Å²) in [6.45, 7) is 11.5. The summed E-state index contributed by atoms with van der Waals surface area (Å²) in [7, 11) is -0.384. The summed E-state index contributed by atoms with van der Waals surface area (Å²) >= 11 is 0. The Kier molecular flexibility index (Phi) is 11.3. The number of ether oxygens (including phenoxy) is 1. The molecule has 0 aliphatic carbocycles. The lowest BCUT2D eigenvalue weighted by Gasteiger charge is -2.16. The van der Waals surface area contributed by atoms with Gasteiger partial charge in [-0.15, -0.1) is 0 Å². The molecule has 0 saturated heterocycles. The summed E-state index contributed by atoms with van der Waals surface area (Å²) in [5.41, 5.74) is 0. The van der Waals surface area contributed by atoms with E-state index < -0.39 is 0 Å². The van der Waals surface area contributed by atoms with Crippen LogP contribution in [0, 0.1) is 0 Å². The van der Waals surface area contributed by atoms with Gasteiger partial charge in [0, 0.05) is 6.61 Å². The number of hydrogen-bond acceptors (Lipinski definition) is 2. The van der Waals surface area contributed by atoms with Crippen molar-refractivity contribution in [2.24, 2.45) is 0 Å². The van der Waals surface area contributed by atoms with Crippen LogP contribution in [0.2, 0.25) is 5.04 Å². The summed E-state index contributed by atoms with van der Waals surface area (Å²) < 4.78 is 11.2. The van der Waals surface area contributed by atoms with E-state index in [1.54, 1.807) is 0 Å². The van der Waals surface area contributed by atoms with Gasteiger partial charge >= 0.3 is 0 Å². The van der Waals surface area contributed by atoms with Crippen molar-refractivity contribution in [1.82, 2.24) is 0 Å². The highest BCUT2D eigenvalue weighted by Gasteiger charge is 2.10. The first-order valence-corrected chi connectivity index (χ1v) is 8.50. The molecule has 104 valence electrons. The van der Waals surface area contributed by atoms with E-state index in [9.17, 15) is 0 Å². The molecule has 0 amide bonds. The molecule has 0 atom stereocenters. The Morgan fingerprint density at radius 3 is 2.12 bits per heavy atom. The first kappa shape index (κ1) is 17.1. The maximum Gasteiger partial charge on any atom is 0.166 e. The second-order valence-electron chi connectivity index (χ2n) is 5.99. The molecule has 0 aromatic heterocycles. The SMILES string of the molecule is CCCCCCCCOCCO[SiH2]C(C)(C)C. The topological polar surface area (TPSA) is 18.5 Å². The fourth-order valence-corrected chi connectivity index (χ4v) is 2.46. The van der Waals surface area contributed by atoms with Crippen molar-refractivity contribution in [2.75, 3.05) is 19.8 Å². The van der Waals surface area contributed by atoms with Gasteiger partial charge in [-0.05, 0) is 11.5 Å². The van der Waals surface area contributed by atoms with Crippen LogP contribution in [0.4, 0.5) is 0 Å². The summed E-state index contributed by atoms with van der Waals surface area (Å²) in [5.74, 6) is 0. The van der Waals surface area contributed by atoms with Crippen molar-refractivity contribution in [3.05, 3.63) is 0 Å². The van der Waals surface area contributed by atoms with E-state index in [0.29, 0.717) is 5.04 Å². The first-order valence-electron chi connectivity index (χ1n) is 7.22. The minimum absolute atomic E-state index is 0.384. The van der Waals surface area contributed by atoms with Crippen LogP contribution in [0.5, 0.6) is 0 Å². The molecule has 0 aromatic carbocycles. The largest absolute Gasteiger partial charge is 0.421 e. The minimum Gasteiger partial charge on any atom is -0.421 e. The van der Waals surface area contributed by atoms with Crippen LogP contribution in [0.3, 0.4) is 0 Å². The molecule has 0 bridgehead atoms. The fourth-order valence-electron chi connectivity index (χ4n) is 1.58. The van der Waals surface area contributed by atoms with Crippen molar-refractivity contribution < 1.29 is 9.16 Å². The maximum absolute atomic E-state index is 5.67. The maximum atomic E-state index is 5.67. The smallest absolute Gasteiger partial charge is 0.166 e. The lowest BCUT2D eigenvalue weighted by Crippen LogP contribution is -2.15. The molecule has 3 heteroatoms. The second-order valence-corrected chi connectivity index (χ2v) is 8.81. The second kappa shape index (κ2) is 11.2. The molecule has 0 N–H and O–H groups in total. The van der Waals surface area contributed by atoms with Crippen LogP contribution in [0.1, 0.15) is 66.2 Å². The fraction of sp³-hybridized carbons (Fsp3) is 1.00. The van der Waals surface area contributed by atoms with Crippen molar-refractivity contribution in [3.63, 3.8) is 0 Å². The molecule has 0 rings (SSSR count). The van der Waals surface area contributed by atoms with Crippen LogP contribution in [-0.4, -0.2) is 29.6 Å². The van der Waals surface area contributed by atoms with Crippen LogP contribution >= 0.6 is 0 Å². The lowest BCUT2D eigenvalue weighted by molar-refractivity contribution is 0.0972. The van der Waals surface area contributed by atoms with Gasteiger partial charge in [0.15, 0.2) is 9.76 Å². The molecule has 17 heavy (non-hydrogen) atoms. The predicted octanol–water partition coefficient (Wildman–Crippen LogP) is 3.68. The van der Waals surface area contributed by atoms with Gasteiger partial charge in [-0.3, -0.25) is 0 Å². The highest BCUT2D eigenvalue weighted by molar-refractivity contribution is 6.31. The molecule has 0 fully saturated rings. The molecule has 0 heterocycles. The molecule has 0 aromatic rings. The lowest BCUT2D eigenvalue weighted by atomic mass is 10.1. The van der Waals surface area contributed by atoms with E-state index in [1.807, 2.05) is 0 Å². The average molecular weight is 260 g/mol. The van der Waals surface area contributed by atoms with Gasteiger partial charge in [0.1, 0.15) is 0 Å². The van der Waals surface area contributed by atoms with Gasteiger partial charge in [-0.25, -0.2) is 0 Å². The van der Waals surface area contributed by atoms with Gasteiger partial charge in [0.25, 0.3) is 0 Å². The Hall–Kier alpha value is 0.137. The van der Waals surface area contributed by atoms with Gasteiger partial charge in [-0.2, -0.15) is 0 Å². The third-order valence-corrected chi connectivity index (χ3v) is 3.91. The zero-order valence-corrected chi connectivity index (χ0v) is 13.8. The van der Waals surface area contributed by atoms with Crippen LogP contribution in [0.25, 0.3) is 0 Å². The third kappa shape index (κ3) is 16.1. The Labute approximate surface area is 110 Å². The number of rotatable bonds is 11. The van der Waals surface area contributed by atoms with Gasteiger partial charge in [-0.1, -0.05) is 59.8 Å². The van der Waals surface area contributed by atoms with Crippen molar-refractivity contribution in [1.29, 1.82) is 0 Å². The predicted molar refractivity (Wildman–Crippen MR) is 78.4 cm³/mol. The Morgan fingerprint density at radius 1 is 0.824 bits per heavy atom. The van der Waals surface area contributed by atoms with Crippen molar-refractivity contribution in [2.45, 2.75) is 71.3 Å². The van der Waals surface area contributed by atoms with E-state index in [2.05, 4.69) is 27.7 Å². The van der Waals surface area contributed by atoms with Gasteiger partial charge < -0.3 is 9.16 Å². The van der Waals surface area contributed by atoms with E-state index in [-0.39, 0.29) is 9.76 Å². The van der Waals surface area contributed by atoms with Crippen molar-refractivity contribution >= 4 is 9.76 Å². The van der Waals surface area contributed by atoms with Gasteiger partial charge in [0.2, 0.25) is 0 Å². The van der Waals surface area contributed by atoms with E-state index in [4.69, 9.17) is 9.16 Å². The Morgan fingerprint density at radius 2 is 1.47 bits per heavy atom. The number of unbranched alkanes of at least 4 members (excludes halogenated alkanes) is 5. The Balaban J connectivity index is 2.99. The minimum atomic E-state index is -0.384. The summed E-state index contributed by atoms with van der Waals surface area (Å²) in [5, 5.41) is 0.402. The number of hydrogen-bond donors (Lipinski definition) is 0. The Bertz CT molecular complexity index is 155. The molecule has 0 unspecified atom stereocenters. The van der Waals surface area contributed by atoms with E-state index in [1.165, 1.54) is 38.5 Å². The van der Waals surface area contributed by atoms with Crippen molar-refractivity contribution in [3.8, 4) is 0 Å². The average Bonchev–Trinajstić information content (AvgIpc) is 2.24. The van der Waals surface area contributed by atoms with Gasteiger partial charge in [0.05, 0.1) is 13.2 Å². The zero-order chi connectivity index (χ0) is 13.0. The summed E-state index contributed by atoms with van der Waals surface area (Å²) in [4.78, 5) is 0. The molecule has 0 spiro atoms. The normalized spacial score (nSPS) is 12.7. The first-order chi connectivity index (χ1) is 8.06. The zero-order valence-electron chi connectivity index (χ0n) is 12.4. The van der Waals surface area contributed by atoms with Crippen LogP contribution in [0.15, 0.2) is 0 Å². The van der Waals surface area contributed by atoms with Crippen LogP contribution in [-0.2, 0) is 9.16 Å². The highest BCUT2D eigenvalue weighted by atomic mass is 28.2. The quantitative estimate of drug-likeness (QED) is 0.417. The van der Waals surface area contributed by atoms with E-state index >= 15 is 0 Å². The van der Waals surface area contributed by atoms with E-state index in [0.717, 1.165) is 19.8 Å². The molecule has 0 radical (unpaired) electrons. The molecule has 0 aliphatic rings. The molecular weight excluding hydrogens is 228 g/mol. The monoisotopic (exact) mass is 260 g/mol. The molecule has 2 nitrogen and oxygen atoms in total. The summed E-state index contributed by atoms with van der Waals surface area (Å²) in [6, 6.07) is 0. The highest BCUT2D eigenvalue weighted by Crippen LogP contribution is 2.19. The third-order valence-electron chi connectivity index (χ3n) is 2.55. The summed E-state index contributed by atoms with van der Waals surface area (Å²) in [6.07, 6.45) is 7.98. The molecular formula is C14H32O2Si. The molecule has 0 aliphatic heterocycles. The standard InChI is InChI=1S/C14H32O2Si/c1-5-6-7-8-9-10-11-15-12-13-16-17-14(2,3)4/h5-13,17H2,1-4H3. The van der Waals surface area contributed by atoms with Crippen LogP contribution < -0.4 is 0 Å². The molecule has 0 saturated carbocycles.